The van der Waals surface area contributed by atoms with E-state index in [9.17, 15) is 4.79 Å². The SMILES string of the molecule is Cc1nn(Cc2ccccc2)c(C)c1C1(C=O)CC1. The van der Waals surface area contributed by atoms with Crippen LogP contribution in [-0.4, -0.2) is 16.1 Å². The van der Waals surface area contributed by atoms with Crippen molar-refractivity contribution in [3.8, 4) is 0 Å². The molecule has 0 aliphatic heterocycles. The second kappa shape index (κ2) is 4.34. The van der Waals surface area contributed by atoms with Crippen LogP contribution in [0, 0.1) is 13.8 Å². The molecule has 2 aromatic rings. The summed E-state index contributed by atoms with van der Waals surface area (Å²) in [6, 6.07) is 10.3. The molecule has 0 saturated heterocycles. The number of aromatic nitrogens is 2. The lowest BCUT2D eigenvalue weighted by Gasteiger charge is -2.09. The van der Waals surface area contributed by atoms with Gasteiger partial charge in [-0.15, -0.1) is 0 Å². The third kappa shape index (κ3) is 1.99. The molecule has 0 amide bonds. The van der Waals surface area contributed by atoms with Gasteiger partial charge in [0.05, 0.1) is 17.7 Å². The molecular formula is C16H18N2O. The molecule has 0 N–H and O–H groups in total. The minimum absolute atomic E-state index is 0.233. The van der Waals surface area contributed by atoms with Crippen molar-refractivity contribution in [1.29, 1.82) is 0 Å². The smallest absolute Gasteiger partial charge is 0.130 e. The number of carbonyl (C=O) groups excluding carboxylic acids is 1. The molecule has 1 heterocycles. The number of hydrogen-bond donors (Lipinski definition) is 0. The fraction of sp³-hybridized carbons (Fsp3) is 0.375. The van der Waals surface area contributed by atoms with E-state index in [1.807, 2.05) is 29.8 Å². The molecule has 3 rings (SSSR count). The highest BCUT2D eigenvalue weighted by molar-refractivity contribution is 5.74. The van der Waals surface area contributed by atoms with Crippen molar-refractivity contribution in [2.45, 2.75) is 38.6 Å². The molecule has 0 atom stereocenters. The first-order valence-corrected chi connectivity index (χ1v) is 6.71. The van der Waals surface area contributed by atoms with Crippen LogP contribution in [-0.2, 0) is 16.8 Å². The maximum absolute atomic E-state index is 11.3. The Hall–Kier alpha value is -1.90. The van der Waals surface area contributed by atoms with Gasteiger partial charge in [0.2, 0.25) is 0 Å². The first kappa shape index (κ1) is 12.2. The number of carbonyl (C=O) groups is 1. The predicted octanol–water partition coefficient (Wildman–Crippen LogP) is 2.78. The van der Waals surface area contributed by atoms with Gasteiger partial charge in [-0.25, -0.2) is 0 Å². The van der Waals surface area contributed by atoms with E-state index in [-0.39, 0.29) is 5.41 Å². The Labute approximate surface area is 113 Å². The summed E-state index contributed by atoms with van der Waals surface area (Å²) in [5.74, 6) is 0. The van der Waals surface area contributed by atoms with E-state index in [0.717, 1.165) is 42.6 Å². The third-order valence-corrected chi connectivity index (χ3v) is 4.07. The van der Waals surface area contributed by atoms with E-state index in [0.29, 0.717) is 0 Å². The highest BCUT2D eigenvalue weighted by atomic mass is 16.1. The molecule has 0 bridgehead atoms. The fourth-order valence-electron chi connectivity index (χ4n) is 2.89. The molecule has 19 heavy (non-hydrogen) atoms. The summed E-state index contributed by atoms with van der Waals surface area (Å²) < 4.78 is 2.02. The van der Waals surface area contributed by atoms with Gasteiger partial charge in [0.1, 0.15) is 6.29 Å². The molecule has 1 fully saturated rings. The molecule has 0 spiro atoms. The van der Waals surface area contributed by atoms with Crippen LogP contribution in [0.5, 0.6) is 0 Å². The van der Waals surface area contributed by atoms with Crippen molar-refractivity contribution < 1.29 is 4.79 Å². The van der Waals surface area contributed by atoms with Crippen molar-refractivity contribution in [3.05, 3.63) is 52.8 Å². The van der Waals surface area contributed by atoms with E-state index in [1.54, 1.807) is 0 Å². The van der Waals surface area contributed by atoms with E-state index in [1.165, 1.54) is 5.56 Å². The van der Waals surface area contributed by atoms with E-state index >= 15 is 0 Å². The first-order valence-electron chi connectivity index (χ1n) is 6.71. The monoisotopic (exact) mass is 254 g/mol. The van der Waals surface area contributed by atoms with E-state index in [2.05, 4.69) is 24.2 Å². The number of aryl methyl sites for hydroxylation is 1. The van der Waals surface area contributed by atoms with Crippen LogP contribution in [0.25, 0.3) is 0 Å². The predicted molar refractivity (Wildman–Crippen MR) is 74.2 cm³/mol. The van der Waals surface area contributed by atoms with Gasteiger partial charge in [-0.2, -0.15) is 5.10 Å². The molecule has 3 heteroatoms. The molecule has 98 valence electrons. The molecule has 1 aromatic carbocycles. The molecule has 1 aromatic heterocycles. The summed E-state index contributed by atoms with van der Waals surface area (Å²) in [5.41, 5.74) is 4.28. The van der Waals surface area contributed by atoms with E-state index in [4.69, 9.17) is 0 Å². The Morgan fingerprint density at radius 1 is 1.26 bits per heavy atom. The lowest BCUT2D eigenvalue weighted by atomic mass is 9.96. The zero-order chi connectivity index (χ0) is 13.5. The zero-order valence-electron chi connectivity index (χ0n) is 11.4. The number of rotatable bonds is 4. The van der Waals surface area contributed by atoms with Crippen LogP contribution in [0.1, 0.15) is 35.4 Å². The Bertz CT molecular complexity index is 609. The third-order valence-electron chi connectivity index (χ3n) is 4.07. The summed E-state index contributed by atoms with van der Waals surface area (Å²) in [6.45, 7) is 4.84. The minimum Gasteiger partial charge on any atom is -0.302 e. The van der Waals surface area contributed by atoms with E-state index < -0.39 is 0 Å². The Balaban J connectivity index is 1.96. The van der Waals surface area contributed by atoms with Gasteiger partial charge < -0.3 is 4.79 Å². The average molecular weight is 254 g/mol. The molecule has 1 aliphatic rings. The van der Waals surface area contributed by atoms with Gasteiger partial charge in [-0.3, -0.25) is 4.68 Å². The second-order valence-electron chi connectivity index (χ2n) is 5.46. The van der Waals surface area contributed by atoms with Crippen LogP contribution in [0.2, 0.25) is 0 Å². The zero-order valence-corrected chi connectivity index (χ0v) is 11.4. The maximum atomic E-state index is 11.3. The van der Waals surface area contributed by atoms with Gasteiger partial charge in [0.25, 0.3) is 0 Å². The van der Waals surface area contributed by atoms with Gasteiger partial charge in [-0.1, -0.05) is 30.3 Å². The van der Waals surface area contributed by atoms with Crippen molar-refractivity contribution in [2.24, 2.45) is 0 Å². The number of aldehydes is 1. The Morgan fingerprint density at radius 2 is 1.95 bits per heavy atom. The fourth-order valence-corrected chi connectivity index (χ4v) is 2.89. The number of hydrogen-bond acceptors (Lipinski definition) is 2. The normalized spacial score (nSPS) is 16.3. The van der Waals surface area contributed by atoms with Crippen LogP contribution >= 0.6 is 0 Å². The highest BCUT2D eigenvalue weighted by Gasteiger charge is 2.47. The topological polar surface area (TPSA) is 34.9 Å². The van der Waals surface area contributed by atoms with Crippen LogP contribution < -0.4 is 0 Å². The molecule has 0 unspecified atom stereocenters. The lowest BCUT2D eigenvalue weighted by molar-refractivity contribution is -0.109. The summed E-state index contributed by atoms with van der Waals surface area (Å²) >= 11 is 0. The number of benzene rings is 1. The maximum Gasteiger partial charge on any atom is 0.130 e. The lowest BCUT2D eigenvalue weighted by Crippen LogP contribution is -2.11. The second-order valence-corrected chi connectivity index (χ2v) is 5.46. The Morgan fingerprint density at radius 3 is 2.53 bits per heavy atom. The molecule has 1 saturated carbocycles. The summed E-state index contributed by atoms with van der Waals surface area (Å²) in [7, 11) is 0. The van der Waals surface area contributed by atoms with Gasteiger partial charge in [-0.05, 0) is 32.3 Å². The van der Waals surface area contributed by atoms with Crippen LogP contribution in [0.4, 0.5) is 0 Å². The standard InChI is InChI=1S/C16H18N2O/c1-12-15(16(11-19)8-9-16)13(2)18(17-12)10-14-6-4-3-5-7-14/h3-7,11H,8-10H2,1-2H3. The minimum atomic E-state index is -0.233. The van der Waals surface area contributed by atoms with Crippen molar-refractivity contribution in [3.63, 3.8) is 0 Å². The molecular weight excluding hydrogens is 236 g/mol. The van der Waals surface area contributed by atoms with Gasteiger partial charge >= 0.3 is 0 Å². The molecule has 3 nitrogen and oxygen atoms in total. The van der Waals surface area contributed by atoms with Gasteiger partial charge in [0.15, 0.2) is 0 Å². The highest BCUT2D eigenvalue weighted by Crippen LogP contribution is 2.48. The van der Waals surface area contributed by atoms with Crippen molar-refractivity contribution in [2.75, 3.05) is 0 Å². The van der Waals surface area contributed by atoms with Crippen molar-refractivity contribution in [1.82, 2.24) is 9.78 Å². The molecule has 0 radical (unpaired) electrons. The molecule has 1 aliphatic carbocycles. The quantitative estimate of drug-likeness (QED) is 0.786. The summed E-state index contributed by atoms with van der Waals surface area (Å²) in [6.07, 6.45) is 3.04. The van der Waals surface area contributed by atoms with Crippen molar-refractivity contribution >= 4 is 6.29 Å². The first-order chi connectivity index (χ1) is 9.16. The largest absolute Gasteiger partial charge is 0.302 e. The summed E-state index contributed by atoms with van der Waals surface area (Å²) in [5, 5.41) is 4.62. The number of nitrogens with zero attached hydrogens (tertiary/aromatic N) is 2. The van der Waals surface area contributed by atoms with Gasteiger partial charge in [0, 0.05) is 11.3 Å². The Kier molecular flexibility index (Phi) is 2.77. The van der Waals surface area contributed by atoms with Crippen LogP contribution in [0.15, 0.2) is 30.3 Å². The average Bonchev–Trinajstić information content (AvgIpc) is 3.15. The van der Waals surface area contributed by atoms with Crippen LogP contribution in [0.3, 0.4) is 0 Å². The summed E-state index contributed by atoms with van der Waals surface area (Å²) in [4.78, 5) is 11.3.